The SMILES string of the molecule is CCCC(O)=C(C=Nc1ccc(C(=O)OC)o1)C(=O)OCC. The van der Waals surface area contributed by atoms with Crippen molar-refractivity contribution in [3.63, 3.8) is 0 Å². The molecule has 0 radical (unpaired) electrons. The summed E-state index contributed by atoms with van der Waals surface area (Å²) in [7, 11) is 1.23. The highest BCUT2D eigenvalue weighted by atomic mass is 16.5. The predicted molar refractivity (Wildman–Crippen MR) is 79.4 cm³/mol. The maximum absolute atomic E-state index is 11.8. The van der Waals surface area contributed by atoms with Crippen LogP contribution in [0.2, 0.25) is 0 Å². The standard InChI is InChI=1S/C15H19NO6/c1-4-6-11(17)10(14(18)21-5-2)9-16-13-8-7-12(22-13)15(19)20-3/h7-9,17H,4-6H2,1-3H3. The van der Waals surface area contributed by atoms with Crippen LogP contribution in [0.25, 0.3) is 0 Å². The molecule has 0 amide bonds. The first-order valence-electron chi connectivity index (χ1n) is 6.84. The van der Waals surface area contributed by atoms with Crippen molar-refractivity contribution >= 4 is 24.0 Å². The second-order valence-corrected chi connectivity index (χ2v) is 4.22. The summed E-state index contributed by atoms with van der Waals surface area (Å²) in [5.41, 5.74) is -0.0419. The van der Waals surface area contributed by atoms with E-state index < -0.39 is 11.9 Å². The summed E-state index contributed by atoms with van der Waals surface area (Å²) in [5, 5.41) is 9.90. The van der Waals surface area contributed by atoms with Crippen LogP contribution < -0.4 is 0 Å². The van der Waals surface area contributed by atoms with Crippen LogP contribution in [0.1, 0.15) is 37.2 Å². The Balaban J connectivity index is 2.98. The minimum absolute atomic E-state index is 0.00547. The number of methoxy groups -OCH3 is 1. The summed E-state index contributed by atoms with van der Waals surface area (Å²) in [4.78, 5) is 27.0. The third kappa shape index (κ3) is 4.76. The molecule has 1 aromatic rings. The van der Waals surface area contributed by atoms with Gasteiger partial charge in [0.1, 0.15) is 11.3 Å². The van der Waals surface area contributed by atoms with Gasteiger partial charge in [-0.25, -0.2) is 14.6 Å². The van der Waals surface area contributed by atoms with E-state index in [1.807, 2.05) is 6.92 Å². The van der Waals surface area contributed by atoms with Crippen molar-refractivity contribution < 1.29 is 28.6 Å². The van der Waals surface area contributed by atoms with Crippen molar-refractivity contribution in [2.24, 2.45) is 4.99 Å². The number of hydrogen-bond acceptors (Lipinski definition) is 7. The van der Waals surface area contributed by atoms with E-state index in [-0.39, 0.29) is 29.6 Å². The Labute approximate surface area is 128 Å². The predicted octanol–water partition coefficient (Wildman–Crippen LogP) is 2.94. The quantitative estimate of drug-likeness (QED) is 0.360. The fourth-order valence-electron chi connectivity index (χ4n) is 1.56. The minimum atomic E-state index is -0.669. The maximum atomic E-state index is 11.8. The van der Waals surface area contributed by atoms with Gasteiger partial charge in [0.25, 0.3) is 0 Å². The van der Waals surface area contributed by atoms with Crippen molar-refractivity contribution in [3.05, 3.63) is 29.2 Å². The molecule has 0 aliphatic carbocycles. The van der Waals surface area contributed by atoms with E-state index in [1.165, 1.54) is 19.2 Å². The molecular formula is C15H19NO6. The number of aliphatic hydroxyl groups is 1. The van der Waals surface area contributed by atoms with Crippen molar-refractivity contribution in [2.45, 2.75) is 26.7 Å². The van der Waals surface area contributed by atoms with Gasteiger partial charge in [0.05, 0.1) is 13.7 Å². The van der Waals surface area contributed by atoms with Crippen LogP contribution in [0.3, 0.4) is 0 Å². The molecule has 0 spiro atoms. The molecule has 22 heavy (non-hydrogen) atoms. The van der Waals surface area contributed by atoms with Crippen LogP contribution in [0.4, 0.5) is 5.88 Å². The number of aliphatic hydroxyl groups excluding tert-OH is 1. The fourth-order valence-corrected chi connectivity index (χ4v) is 1.56. The number of hydrogen-bond donors (Lipinski definition) is 1. The number of allylic oxidation sites excluding steroid dienone is 1. The van der Waals surface area contributed by atoms with E-state index >= 15 is 0 Å². The molecule has 0 aliphatic heterocycles. The van der Waals surface area contributed by atoms with Gasteiger partial charge in [0.2, 0.25) is 11.6 Å². The molecule has 0 fully saturated rings. The molecule has 1 N–H and O–H groups in total. The van der Waals surface area contributed by atoms with Crippen molar-refractivity contribution in [3.8, 4) is 0 Å². The van der Waals surface area contributed by atoms with E-state index in [0.29, 0.717) is 12.8 Å². The number of rotatable bonds is 7. The Kier molecular flexibility index (Phi) is 6.88. The Morgan fingerprint density at radius 2 is 2.09 bits per heavy atom. The van der Waals surface area contributed by atoms with E-state index in [1.54, 1.807) is 6.92 Å². The van der Waals surface area contributed by atoms with Gasteiger partial charge in [0, 0.05) is 18.7 Å². The zero-order chi connectivity index (χ0) is 16.5. The first-order chi connectivity index (χ1) is 10.5. The first kappa shape index (κ1) is 17.5. The summed E-state index contributed by atoms with van der Waals surface area (Å²) in [6.07, 6.45) is 2.14. The highest BCUT2D eigenvalue weighted by Gasteiger charge is 2.15. The first-order valence-corrected chi connectivity index (χ1v) is 6.84. The van der Waals surface area contributed by atoms with Crippen molar-refractivity contribution in [2.75, 3.05) is 13.7 Å². The van der Waals surface area contributed by atoms with Crippen LogP contribution in [0.15, 0.2) is 32.9 Å². The highest BCUT2D eigenvalue weighted by molar-refractivity contribution is 6.10. The third-order valence-electron chi connectivity index (χ3n) is 2.59. The summed E-state index contributed by atoms with van der Waals surface area (Å²) in [5.74, 6) is -1.31. The van der Waals surface area contributed by atoms with E-state index in [4.69, 9.17) is 9.15 Å². The Morgan fingerprint density at radius 3 is 2.68 bits per heavy atom. The van der Waals surface area contributed by atoms with E-state index in [9.17, 15) is 14.7 Å². The van der Waals surface area contributed by atoms with Crippen LogP contribution in [0.5, 0.6) is 0 Å². The molecule has 0 aliphatic rings. The van der Waals surface area contributed by atoms with Gasteiger partial charge in [-0.1, -0.05) is 6.92 Å². The Bertz CT molecular complexity index is 585. The molecule has 0 saturated heterocycles. The Morgan fingerprint density at radius 1 is 1.36 bits per heavy atom. The van der Waals surface area contributed by atoms with Crippen LogP contribution in [-0.4, -0.2) is 37.0 Å². The van der Waals surface area contributed by atoms with Crippen molar-refractivity contribution in [1.29, 1.82) is 0 Å². The molecule has 7 heteroatoms. The second kappa shape index (κ2) is 8.66. The molecule has 0 bridgehead atoms. The van der Waals surface area contributed by atoms with Gasteiger partial charge in [-0.3, -0.25) is 0 Å². The fraction of sp³-hybridized carbons (Fsp3) is 0.400. The lowest BCUT2D eigenvalue weighted by molar-refractivity contribution is -0.138. The molecule has 120 valence electrons. The molecule has 0 aromatic carbocycles. The van der Waals surface area contributed by atoms with Crippen LogP contribution in [0, 0.1) is 0 Å². The maximum Gasteiger partial charge on any atom is 0.374 e. The normalized spacial score (nSPS) is 12.1. The second-order valence-electron chi connectivity index (χ2n) is 4.22. The largest absolute Gasteiger partial charge is 0.511 e. The topological polar surface area (TPSA) is 98.3 Å². The van der Waals surface area contributed by atoms with Gasteiger partial charge in [-0.15, -0.1) is 0 Å². The molecule has 0 saturated carbocycles. The zero-order valence-corrected chi connectivity index (χ0v) is 12.8. The van der Waals surface area contributed by atoms with Gasteiger partial charge in [-0.2, -0.15) is 0 Å². The lowest BCUT2D eigenvalue weighted by atomic mass is 10.2. The Hall–Kier alpha value is -2.57. The number of furan rings is 1. The summed E-state index contributed by atoms with van der Waals surface area (Å²) in [6.45, 7) is 3.72. The molecular weight excluding hydrogens is 290 g/mol. The molecule has 1 heterocycles. The molecule has 1 aromatic heterocycles. The van der Waals surface area contributed by atoms with Crippen LogP contribution in [-0.2, 0) is 14.3 Å². The number of aliphatic imine (C=N–C) groups is 1. The summed E-state index contributed by atoms with van der Waals surface area (Å²) >= 11 is 0. The highest BCUT2D eigenvalue weighted by Crippen LogP contribution is 2.18. The van der Waals surface area contributed by atoms with E-state index in [2.05, 4.69) is 9.73 Å². The lowest BCUT2D eigenvalue weighted by Gasteiger charge is -2.05. The zero-order valence-electron chi connectivity index (χ0n) is 12.8. The van der Waals surface area contributed by atoms with Gasteiger partial charge in [-0.05, 0) is 19.4 Å². The van der Waals surface area contributed by atoms with Gasteiger partial charge >= 0.3 is 11.9 Å². The summed E-state index contributed by atoms with van der Waals surface area (Å²) in [6, 6.07) is 2.85. The van der Waals surface area contributed by atoms with Gasteiger partial charge < -0.3 is 19.0 Å². The average molecular weight is 309 g/mol. The smallest absolute Gasteiger partial charge is 0.374 e. The molecule has 0 atom stereocenters. The molecule has 7 nitrogen and oxygen atoms in total. The summed E-state index contributed by atoms with van der Waals surface area (Å²) < 4.78 is 14.5. The van der Waals surface area contributed by atoms with Gasteiger partial charge in [0.15, 0.2) is 0 Å². The number of esters is 2. The third-order valence-corrected chi connectivity index (χ3v) is 2.59. The monoisotopic (exact) mass is 309 g/mol. The van der Waals surface area contributed by atoms with Crippen LogP contribution >= 0.6 is 0 Å². The molecule has 1 rings (SSSR count). The minimum Gasteiger partial charge on any atom is -0.511 e. The number of carbonyl (C=O) groups excluding carboxylic acids is 2. The average Bonchev–Trinajstić information content (AvgIpc) is 2.96. The van der Waals surface area contributed by atoms with Crippen molar-refractivity contribution in [1.82, 2.24) is 0 Å². The molecule has 0 unspecified atom stereocenters. The number of nitrogens with zero attached hydrogens (tertiary/aromatic N) is 1. The van der Waals surface area contributed by atoms with E-state index in [0.717, 1.165) is 6.21 Å². The number of carbonyl (C=O) groups is 2. The lowest BCUT2D eigenvalue weighted by Crippen LogP contribution is -2.11. The number of ether oxygens (including phenoxy) is 2.